The molecule has 2 bridgehead atoms. The average molecular weight is 249 g/mol. The van der Waals surface area contributed by atoms with Crippen molar-refractivity contribution >= 4 is 7.12 Å². The van der Waals surface area contributed by atoms with E-state index in [0.29, 0.717) is 23.4 Å². The van der Waals surface area contributed by atoms with Gasteiger partial charge >= 0.3 is 7.12 Å². The van der Waals surface area contributed by atoms with Crippen molar-refractivity contribution in [1.82, 2.24) is 5.32 Å². The van der Waals surface area contributed by atoms with E-state index in [-0.39, 0.29) is 12.7 Å². The average Bonchev–Trinajstić information content (AvgIpc) is 2.92. The zero-order valence-corrected chi connectivity index (χ0v) is 11.7. The summed E-state index contributed by atoms with van der Waals surface area (Å²) in [6.07, 6.45) is 5.31. The number of nitrogens with one attached hydrogen (secondary N) is 1. The number of rotatable bonds is 1. The fourth-order valence-corrected chi connectivity index (χ4v) is 4.86. The third kappa shape index (κ3) is 1.37. The lowest BCUT2D eigenvalue weighted by molar-refractivity contribution is -0.185. The van der Waals surface area contributed by atoms with E-state index in [1.807, 2.05) is 0 Å². The Bertz CT molecular complexity index is 369. The molecular formula is C14H24BNO2. The Morgan fingerprint density at radius 2 is 2.11 bits per heavy atom. The van der Waals surface area contributed by atoms with Crippen molar-refractivity contribution in [2.75, 3.05) is 6.54 Å². The monoisotopic (exact) mass is 249 g/mol. The SMILES string of the molecule is CC1(C)C2CC1C1OB(C3CCCN3)O[C@@]1(C)C2. The highest BCUT2D eigenvalue weighted by Crippen LogP contribution is 2.64. The minimum Gasteiger partial charge on any atom is -0.404 e. The van der Waals surface area contributed by atoms with Gasteiger partial charge in [0.15, 0.2) is 0 Å². The number of hydrogen-bond donors (Lipinski definition) is 1. The maximum absolute atomic E-state index is 6.35. The molecule has 100 valence electrons. The molecule has 18 heavy (non-hydrogen) atoms. The first-order valence-electron chi connectivity index (χ1n) is 7.57. The van der Waals surface area contributed by atoms with Crippen molar-refractivity contribution in [3.63, 3.8) is 0 Å². The van der Waals surface area contributed by atoms with E-state index in [2.05, 4.69) is 26.1 Å². The van der Waals surface area contributed by atoms with Gasteiger partial charge in [-0.25, -0.2) is 0 Å². The van der Waals surface area contributed by atoms with E-state index in [9.17, 15) is 0 Å². The predicted octanol–water partition coefficient (Wildman–Crippen LogP) is 2.01. The maximum atomic E-state index is 6.35. The van der Waals surface area contributed by atoms with Crippen LogP contribution in [-0.2, 0) is 9.31 Å². The van der Waals surface area contributed by atoms with Crippen molar-refractivity contribution in [3.8, 4) is 0 Å². The molecule has 3 saturated carbocycles. The highest BCUT2D eigenvalue weighted by atomic mass is 16.7. The quantitative estimate of drug-likeness (QED) is 0.721. The van der Waals surface area contributed by atoms with Crippen LogP contribution in [0.2, 0.25) is 0 Å². The highest BCUT2D eigenvalue weighted by molar-refractivity contribution is 6.47. The van der Waals surface area contributed by atoms with Crippen LogP contribution in [0.25, 0.3) is 0 Å². The summed E-state index contributed by atoms with van der Waals surface area (Å²) in [6.45, 7) is 8.22. The summed E-state index contributed by atoms with van der Waals surface area (Å²) < 4.78 is 12.7. The van der Waals surface area contributed by atoms with Crippen molar-refractivity contribution in [3.05, 3.63) is 0 Å². The Hall–Kier alpha value is -0.0551. The summed E-state index contributed by atoms with van der Waals surface area (Å²) in [5.41, 5.74) is 0.448. The van der Waals surface area contributed by atoms with Crippen LogP contribution in [0.15, 0.2) is 0 Å². The molecule has 1 N–H and O–H groups in total. The fraction of sp³-hybridized carbons (Fsp3) is 1.00. The molecule has 0 aromatic heterocycles. The molecule has 5 rings (SSSR count). The zero-order chi connectivity index (χ0) is 12.5. The minimum atomic E-state index is -0.0158. The Morgan fingerprint density at radius 1 is 1.28 bits per heavy atom. The molecule has 5 atom stereocenters. The molecule has 2 aliphatic heterocycles. The van der Waals surface area contributed by atoms with Gasteiger partial charge in [0.05, 0.1) is 11.7 Å². The second-order valence-corrected chi connectivity index (χ2v) is 7.62. The van der Waals surface area contributed by atoms with Gasteiger partial charge in [-0.15, -0.1) is 0 Å². The predicted molar refractivity (Wildman–Crippen MR) is 71.1 cm³/mol. The summed E-state index contributed by atoms with van der Waals surface area (Å²) in [5.74, 6) is 1.96. The highest BCUT2D eigenvalue weighted by Gasteiger charge is 2.67. The lowest BCUT2D eigenvalue weighted by atomic mass is 9.45. The fourth-order valence-electron chi connectivity index (χ4n) is 4.86. The zero-order valence-electron chi connectivity index (χ0n) is 11.7. The van der Waals surface area contributed by atoms with Gasteiger partial charge in [0.25, 0.3) is 0 Å². The van der Waals surface area contributed by atoms with Crippen LogP contribution in [-0.4, -0.2) is 31.3 Å². The van der Waals surface area contributed by atoms with Gasteiger partial charge in [0.2, 0.25) is 0 Å². The standard InChI is InChI=1S/C14H24BNO2/c1-13(2)9-7-10(13)12-14(3,8-9)18-15(17-12)11-5-4-6-16-11/h9-12,16H,4-8H2,1-3H3/t9?,10?,11?,12?,14-/m0/s1. The van der Waals surface area contributed by atoms with Crippen LogP contribution in [0.4, 0.5) is 0 Å². The molecule has 0 radical (unpaired) electrons. The summed E-state index contributed by atoms with van der Waals surface area (Å²) in [7, 11) is -0.00218. The van der Waals surface area contributed by atoms with Crippen LogP contribution < -0.4 is 5.32 Å². The van der Waals surface area contributed by atoms with Crippen LogP contribution in [0.5, 0.6) is 0 Å². The van der Waals surface area contributed by atoms with Gasteiger partial charge < -0.3 is 14.6 Å². The van der Waals surface area contributed by atoms with Crippen molar-refractivity contribution in [2.45, 2.75) is 64.1 Å². The van der Waals surface area contributed by atoms with Gasteiger partial charge in [-0.05, 0) is 56.4 Å². The molecule has 2 saturated heterocycles. The van der Waals surface area contributed by atoms with Crippen LogP contribution in [0.1, 0.15) is 46.5 Å². The number of hydrogen-bond acceptors (Lipinski definition) is 3. The largest absolute Gasteiger partial charge is 0.475 e. The van der Waals surface area contributed by atoms with Crippen LogP contribution in [0, 0.1) is 17.3 Å². The van der Waals surface area contributed by atoms with Gasteiger partial charge in [0, 0.05) is 5.94 Å². The van der Waals surface area contributed by atoms with E-state index in [0.717, 1.165) is 12.5 Å². The molecule has 3 aliphatic carbocycles. The summed E-state index contributed by atoms with van der Waals surface area (Å²) in [5, 5.41) is 3.52. The second-order valence-electron chi connectivity index (χ2n) is 7.62. The van der Waals surface area contributed by atoms with Gasteiger partial charge in [-0.2, -0.15) is 0 Å². The van der Waals surface area contributed by atoms with Crippen molar-refractivity contribution < 1.29 is 9.31 Å². The van der Waals surface area contributed by atoms with E-state index < -0.39 is 0 Å². The summed E-state index contributed by atoms with van der Waals surface area (Å²) in [4.78, 5) is 0. The molecule has 5 aliphatic rings. The van der Waals surface area contributed by atoms with E-state index in [1.165, 1.54) is 25.7 Å². The topological polar surface area (TPSA) is 30.5 Å². The normalized spacial score (nSPS) is 53.2. The van der Waals surface area contributed by atoms with Gasteiger partial charge in [0.1, 0.15) is 0 Å². The smallest absolute Gasteiger partial charge is 0.404 e. The maximum Gasteiger partial charge on any atom is 0.475 e. The van der Waals surface area contributed by atoms with E-state index in [4.69, 9.17) is 9.31 Å². The van der Waals surface area contributed by atoms with Gasteiger partial charge in [-0.1, -0.05) is 13.8 Å². The molecular weight excluding hydrogens is 225 g/mol. The third-order valence-electron chi connectivity index (χ3n) is 6.26. The van der Waals surface area contributed by atoms with E-state index >= 15 is 0 Å². The van der Waals surface area contributed by atoms with Crippen LogP contribution >= 0.6 is 0 Å². The molecule has 4 unspecified atom stereocenters. The Morgan fingerprint density at radius 3 is 2.78 bits per heavy atom. The summed E-state index contributed by atoms with van der Waals surface area (Å²) in [6, 6.07) is 0. The Labute approximate surface area is 110 Å². The second kappa shape index (κ2) is 3.53. The first-order chi connectivity index (χ1) is 8.51. The minimum absolute atomic E-state index is 0.00218. The Kier molecular flexibility index (Phi) is 2.30. The lowest BCUT2D eigenvalue weighted by Gasteiger charge is -2.63. The molecule has 2 heterocycles. The molecule has 3 nitrogen and oxygen atoms in total. The molecule has 0 amide bonds. The van der Waals surface area contributed by atoms with Crippen molar-refractivity contribution in [2.24, 2.45) is 17.3 Å². The van der Waals surface area contributed by atoms with E-state index in [1.54, 1.807) is 0 Å². The summed E-state index contributed by atoms with van der Waals surface area (Å²) >= 11 is 0. The molecule has 0 aromatic rings. The molecule has 0 aromatic carbocycles. The first kappa shape index (κ1) is 11.7. The molecule has 5 fully saturated rings. The van der Waals surface area contributed by atoms with Gasteiger partial charge in [-0.3, -0.25) is 0 Å². The first-order valence-corrected chi connectivity index (χ1v) is 7.57. The van der Waals surface area contributed by atoms with Crippen molar-refractivity contribution in [1.29, 1.82) is 0 Å². The molecule has 4 heteroatoms. The Balaban J connectivity index is 1.56. The third-order valence-corrected chi connectivity index (χ3v) is 6.26. The lowest BCUT2D eigenvalue weighted by Crippen LogP contribution is -2.63. The van der Waals surface area contributed by atoms with Crippen LogP contribution in [0.3, 0.4) is 0 Å². The molecule has 0 spiro atoms.